The van der Waals surface area contributed by atoms with Gasteiger partial charge in [0.25, 0.3) is 5.56 Å². The first-order valence-corrected chi connectivity index (χ1v) is 10.7. The van der Waals surface area contributed by atoms with Gasteiger partial charge < -0.3 is 14.6 Å². The van der Waals surface area contributed by atoms with Crippen LogP contribution in [0.15, 0.2) is 53.3 Å². The quantitative estimate of drug-likeness (QED) is 0.534. The van der Waals surface area contributed by atoms with Crippen LogP contribution in [0.4, 0.5) is 5.69 Å². The summed E-state index contributed by atoms with van der Waals surface area (Å²) in [5.74, 6) is 1.34. The summed E-state index contributed by atoms with van der Waals surface area (Å²) in [6.07, 6.45) is 0.909. The Kier molecular flexibility index (Phi) is 4.73. The normalized spacial score (nSPS) is 14.6. The highest BCUT2D eigenvalue weighted by molar-refractivity contribution is 5.81. The fourth-order valence-electron chi connectivity index (χ4n) is 4.45. The lowest BCUT2D eigenvalue weighted by Crippen LogP contribution is -2.37. The minimum atomic E-state index is -0.428. The Morgan fingerprint density at radius 1 is 1.12 bits per heavy atom. The lowest BCUT2D eigenvalue weighted by Gasteiger charge is -2.31. The Morgan fingerprint density at radius 2 is 1.94 bits per heavy atom. The second-order valence-electron chi connectivity index (χ2n) is 9.10. The molecule has 1 N–H and O–H groups in total. The first kappa shape index (κ1) is 20.2. The minimum Gasteiger partial charge on any atom is -0.497 e. The predicted octanol–water partition coefficient (Wildman–Crippen LogP) is 3.43. The average Bonchev–Trinajstić information content (AvgIpc) is 3.42. The maximum absolute atomic E-state index is 13.4. The Morgan fingerprint density at radius 3 is 2.72 bits per heavy atom. The molecule has 0 aliphatic carbocycles. The highest BCUT2D eigenvalue weighted by Crippen LogP contribution is 2.38. The lowest BCUT2D eigenvalue weighted by molar-refractivity contribution is 0.329. The van der Waals surface area contributed by atoms with Gasteiger partial charge in [-0.3, -0.25) is 4.79 Å². The molecular formula is C24H26N6O2. The van der Waals surface area contributed by atoms with Crippen molar-refractivity contribution in [2.24, 2.45) is 0 Å². The van der Waals surface area contributed by atoms with Crippen LogP contribution in [-0.2, 0) is 12.0 Å². The van der Waals surface area contributed by atoms with Crippen molar-refractivity contribution < 1.29 is 4.74 Å². The van der Waals surface area contributed by atoms with Crippen LogP contribution in [0.1, 0.15) is 43.8 Å². The number of nitrogens with one attached hydrogen (secondary N) is 1. The van der Waals surface area contributed by atoms with E-state index < -0.39 is 6.04 Å². The number of fused-ring (bicyclic) bond motifs is 2. The molecule has 5 rings (SSSR count). The molecule has 1 aliphatic heterocycles. The number of tetrazole rings is 1. The van der Waals surface area contributed by atoms with Crippen molar-refractivity contribution >= 4 is 16.6 Å². The van der Waals surface area contributed by atoms with Gasteiger partial charge >= 0.3 is 0 Å². The lowest BCUT2D eigenvalue weighted by atomic mass is 10.0. The number of ether oxygens (including phenoxy) is 1. The summed E-state index contributed by atoms with van der Waals surface area (Å²) in [6, 6.07) is 15.5. The maximum atomic E-state index is 13.4. The molecular weight excluding hydrogens is 404 g/mol. The molecule has 3 heterocycles. The van der Waals surface area contributed by atoms with Crippen LogP contribution in [0, 0.1) is 0 Å². The summed E-state index contributed by atoms with van der Waals surface area (Å²) in [5, 5.41) is 13.6. The Balaban J connectivity index is 1.74. The third kappa shape index (κ3) is 3.32. The molecule has 0 saturated carbocycles. The van der Waals surface area contributed by atoms with Crippen LogP contribution >= 0.6 is 0 Å². The topological polar surface area (TPSA) is 88.9 Å². The van der Waals surface area contributed by atoms with Gasteiger partial charge in [0.05, 0.1) is 18.2 Å². The highest BCUT2D eigenvalue weighted by Gasteiger charge is 2.36. The maximum Gasteiger partial charge on any atom is 0.254 e. The van der Waals surface area contributed by atoms with Crippen molar-refractivity contribution in [2.45, 2.75) is 38.8 Å². The van der Waals surface area contributed by atoms with Gasteiger partial charge in [-0.05, 0) is 72.8 Å². The summed E-state index contributed by atoms with van der Waals surface area (Å²) in [4.78, 5) is 18.7. The number of pyridine rings is 1. The van der Waals surface area contributed by atoms with E-state index in [4.69, 9.17) is 4.74 Å². The van der Waals surface area contributed by atoms with Crippen LogP contribution in [0.25, 0.3) is 10.9 Å². The molecule has 1 aliphatic rings. The van der Waals surface area contributed by atoms with E-state index >= 15 is 0 Å². The van der Waals surface area contributed by atoms with E-state index in [1.807, 2.05) is 41.1 Å². The Bertz CT molecular complexity index is 1350. The zero-order chi connectivity index (χ0) is 22.5. The molecule has 0 saturated heterocycles. The molecule has 8 nitrogen and oxygen atoms in total. The van der Waals surface area contributed by atoms with Gasteiger partial charge in [0.15, 0.2) is 5.82 Å². The molecule has 4 aromatic rings. The summed E-state index contributed by atoms with van der Waals surface area (Å²) in [6.45, 7) is 6.94. The van der Waals surface area contributed by atoms with Crippen LogP contribution < -0.4 is 15.2 Å². The molecule has 0 amide bonds. The smallest absolute Gasteiger partial charge is 0.254 e. The molecule has 8 heteroatoms. The number of para-hydroxylation sites is 1. The molecule has 164 valence electrons. The van der Waals surface area contributed by atoms with Gasteiger partial charge in [-0.2, -0.15) is 0 Å². The average molecular weight is 431 g/mol. The second kappa shape index (κ2) is 7.47. The molecule has 0 bridgehead atoms. The van der Waals surface area contributed by atoms with Gasteiger partial charge in [-0.1, -0.05) is 18.2 Å². The van der Waals surface area contributed by atoms with Crippen molar-refractivity contribution in [3.8, 4) is 5.75 Å². The number of methoxy groups -OCH3 is 1. The number of hydrogen-bond donors (Lipinski definition) is 1. The van der Waals surface area contributed by atoms with Gasteiger partial charge in [0, 0.05) is 23.9 Å². The summed E-state index contributed by atoms with van der Waals surface area (Å²) in [5.41, 5.74) is 3.20. The molecule has 0 radical (unpaired) electrons. The summed E-state index contributed by atoms with van der Waals surface area (Å²) >= 11 is 0. The van der Waals surface area contributed by atoms with Gasteiger partial charge in [0.2, 0.25) is 0 Å². The zero-order valence-corrected chi connectivity index (χ0v) is 18.7. The predicted molar refractivity (Wildman–Crippen MR) is 123 cm³/mol. The van der Waals surface area contributed by atoms with E-state index in [0.717, 1.165) is 29.6 Å². The van der Waals surface area contributed by atoms with Gasteiger partial charge in [-0.15, -0.1) is 5.10 Å². The molecule has 0 spiro atoms. The van der Waals surface area contributed by atoms with E-state index in [1.165, 1.54) is 5.56 Å². The molecule has 1 atom stereocenters. The third-order valence-electron chi connectivity index (χ3n) is 5.98. The van der Waals surface area contributed by atoms with E-state index in [1.54, 1.807) is 7.11 Å². The second-order valence-corrected chi connectivity index (χ2v) is 9.10. The van der Waals surface area contributed by atoms with Crippen molar-refractivity contribution in [1.82, 2.24) is 25.2 Å². The highest BCUT2D eigenvalue weighted by atomic mass is 16.5. The fourth-order valence-corrected chi connectivity index (χ4v) is 4.45. The monoisotopic (exact) mass is 430 g/mol. The first-order chi connectivity index (χ1) is 15.4. The molecule has 2 aromatic heterocycles. The minimum absolute atomic E-state index is 0.163. The van der Waals surface area contributed by atoms with Crippen molar-refractivity contribution in [1.29, 1.82) is 0 Å². The standard InChI is InChI=1S/C24H26N6O2/c1-24(2,3)30-22(26-27-28-30)21(29-12-11-15-7-5-6-8-20(15)29)18-13-16-9-10-17(32-4)14-19(16)25-23(18)31/h5-10,13-14,21H,11-12H2,1-4H3,(H,25,31)/t21-/m1/s1. The Hall–Kier alpha value is -3.68. The number of hydrogen-bond acceptors (Lipinski definition) is 6. The number of aromatic nitrogens is 5. The summed E-state index contributed by atoms with van der Waals surface area (Å²) in [7, 11) is 1.61. The summed E-state index contributed by atoms with van der Waals surface area (Å²) < 4.78 is 7.13. The molecule has 0 fully saturated rings. The van der Waals surface area contributed by atoms with Crippen molar-refractivity contribution in [2.75, 3.05) is 18.6 Å². The number of H-pyrrole nitrogens is 1. The SMILES string of the molecule is COc1ccc2cc([C@H](c3nnnn3C(C)(C)C)N3CCc4ccccc43)c(=O)[nH]c2c1. The number of benzene rings is 2. The van der Waals surface area contributed by atoms with Crippen LogP contribution in [0.2, 0.25) is 0 Å². The van der Waals surface area contributed by atoms with Crippen molar-refractivity contribution in [3.63, 3.8) is 0 Å². The van der Waals surface area contributed by atoms with Crippen LogP contribution in [0.5, 0.6) is 5.75 Å². The molecule has 32 heavy (non-hydrogen) atoms. The van der Waals surface area contributed by atoms with Crippen LogP contribution in [0.3, 0.4) is 0 Å². The molecule has 2 aromatic carbocycles. The fraction of sp³-hybridized carbons (Fsp3) is 0.333. The van der Waals surface area contributed by atoms with E-state index in [2.05, 4.69) is 58.3 Å². The van der Waals surface area contributed by atoms with Crippen LogP contribution in [-0.4, -0.2) is 38.8 Å². The number of nitrogens with zero attached hydrogens (tertiary/aromatic N) is 5. The van der Waals surface area contributed by atoms with E-state index in [0.29, 0.717) is 17.1 Å². The van der Waals surface area contributed by atoms with E-state index in [-0.39, 0.29) is 11.1 Å². The Labute approximate surface area is 185 Å². The van der Waals surface area contributed by atoms with Crippen molar-refractivity contribution in [3.05, 3.63) is 75.8 Å². The first-order valence-electron chi connectivity index (χ1n) is 10.7. The number of anilines is 1. The van der Waals surface area contributed by atoms with Gasteiger partial charge in [-0.25, -0.2) is 4.68 Å². The largest absolute Gasteiger partial charge is 0.497 e. The van der Waals surface area contributed by atoms with Gasteiger partial charge in [0.1, 0.15) is 11.8 Å². The zero-order valence-electron chi connectivity index (χ0n) is 18.7. The number of aromatic amines is 1. The molecule has 0 unspecified atom stereocenters. The number of rotatable bonds is 4. The van der Waals surface area contributed by atoms with E-state index in [9.17, 15) is 4.79 Å². The third-order valence-corrected chi connectivity index (χ3v) is 5.98.